The highest BCUT2D eigenvalue weighted by atomic mass is 35.5. The van der Waals surface area contributed by atoms with Gasteiger partial charge in [-0.05, 0) is 53.1 Å². The Kier molecular flexibility index (Phi) is 8.31. The number of benzene rings is 4. The number of nitrogens with one attached hydrogen (secondary N) is 1. The van der Waals surface area contributed by atoms with Crippen LogP contribution in [0.15, 0.2) is 103 Å². The minimum absolute atomic E-state index is 0.103. The molecule has 2 atom stereocenters. The highest BCUT2D eigenvalue weighted by Gasteiger charge is 2.48. The molecule has 1 aliphatic heterocycles. The molecule has 0 aromatic heterocycles. The van der Waals surface area contributed by atoms with Gasteiger partial charge in [0, 0.05) is 24.3 Å². The van der Waals surface area contributed by atoms with E-state index in [4.69, 9.17) is 16.3 Å². The molecule has 7 nitrogen and oxygen atoms in total. The van der Waals surface area contributed by atoms with Gasteiger partial charge in [0.15, 0.2) is 12.1 Å². The Morgan fingerprint density at radius 2 is 1.63 bits per heavy atom. The van der Waals surface area contributed by atoms with Gasteiger partial charge in [0.1, 0.15) is 5.82 Å². The molecule has 1 aliphatic rings. The summed E-state index contributed by atoms with van der Waals surface area (Å²) in [4.78, 5) is 42.8. The molecule has 0 saturated carbocycles. The van der Waals surface area contributed by atoms with Crippen LogP contribution in [-0.4, -0.2) is 40.8 Å². The molecule has 1 N–H and O–H groups in total. The average molecular weight is 572 g/mol. The normalized spacial score (nSPS) is 16.3. The number of hydrogen-bond donors (Lipinski definition) is 1. The molecular weight excluding hydrogens is 545 g/mol. The van der Waals surface area contributed by atoms with E-state index in [-0.39, 0.29) is 18.0 Å². The quantitative estimate of drug-likeness (QED) is 0.263. The van der Waals surface area contributed by atoms with E-state index in [9.17, 15) is 18.8 Å². The van der Waals surface area contributed by atoms with Crippen LogP contribution in [0.4, 0.5) is 14.9 Å². The number of cyclic esters (lactones) is 1. The van der Waals surface area contributed by atoms with Crippen molar-refractivity contribution in [1.82, 2.24) is 9.80 Å². The number of carbonyl (C=O) groups is 3. The monoisotopic (exact) mass is 571 g/mol. The van der Waals surface area contributed by atoms with Crippen LogP contribution in [0.2, 0.25) is 5.02 Å². The number of amides is 3. The second-order valence-corrected chi connectivity index (χ2v) is 10.2. The van der Waals surface area contributed by atoms with Crippen molar-refractivity contribution in [1.29, 1.82) is 0 Å². The van der Waals surface area contributed by atoms with Crippen molar-refractivity contribution in [2.45, 2.75) is 25.2 Å². The number of nitrogens with zero attached hydrogens (tertiary/aromatic N) is 2. The van der Waals surface area contributed by atoms with E-state index in [1.54, 1.807) is 60.5 Å². The summed E-state index contributed by atoms with van der Waals surface area (Å²) in [6.45, 7) is 0.440. The summed E-state index contributed by atoms with van der Waals surface area (Å²) < 4.78 is 19.9. The van der Waals surface area contributed by atoms with Crippen LogP contribution in [0.5, 0.6) is 0 Å². The zero-order chi connectivity index (χ0) is 28.9. The molecule has 208 valence electrons. The van der Waals surface area contributed by atoms with E-state index in [0.29, 0.717) is 22.8 Å². The first-order valence-corrected chi connectivity index (χ1v) is 13.3. The Morgan fingerprint density at radius 3 is 2.39 bits per heavy atom. The van der Waals surface area contributed by atoms with Crippen LogP contribution in [0.25, 0.3) is 0 Å². The van der Waals surface area contributed by atoms with Gasteiger partial charge in [-0.25, -0.2) is 9.18 Å². The van der Waals surface area contributed by atoms with E-state index in [0.717, 1.165) is 11.1 Å². The summed E-state index contributed by atoms with van der Waals surface area (Å²) >= 11 is 6.18. The number of likely N-dealkylation sites (N-methyl/N-ethyl adjacent to an activating group) is 1. The maximum Gasteiger partial charge on any atom is 0.411 e. The van der Waals surface area contributed by atoms with E-state index in [1.807, 2.05) is 36.4 Å². The summed E-state index contributed by atoms with van der Waals surface area (Å²) in [5.74, 6) is -1.58. The van der Waals surface area contributed by atoms with Gasteiger partial charge in [0.05, 0.1) is 12.1 Å². The van der Waals surface area contributed by atoms with Crippen LogP contribution in [0, 0.1) is 5.82 Å². The molecule has 0 radical (unpaired) electrons. The zero-order valence-corrected chi connectivity index (χ0v) is 22.9. The van der Waals surface area contributed by atoms with Crippen molar-refractivity contribution in [3.8, 4) is 0 Å². The number of ether oxygens (including phenoxy) is 1. The van der Waals surface area contributed by atoms with Crippen LogP contribution in [-0.2, 0) is 22.6 Å². The third-order valence-electron chi connectivity index (χ3n) is 6.81. The van der Waals surface area contributed by atoms with Crippen LogP contribution >= 0.6 is 11.6 Å². The summed E-state index contributed by atoms with van der Waals surface area (Å²) in [5, 5.41) is 3.20. The Balaban J connectivity index is 1.45. The SMILES string of the molecule is CN(Cc1ccccc1)C(=O)C1C(c2cccc(NC(=O)c3ccccc3F)c2)OC(=O)N1Cc1cccc(Cl)c1. The van der Waals surface area contributed by atoms with Gasteiger partial charge in [-0.15, -0.1) is 0 Å². The molecule has 3 amide bonds. The molecule has 4 aromatic rings. The Morgan fingerprint density at radius 1 is 0.927 bits per heavy atom. The predicted octanol–water partition coefficient (Wildman–Crippen LogP) is 6.45. The van der Waals surface area contributed by atoms with Gasteiger partial charge in [0.2, 0.25) is 5.91 Å². The molecule has 0 aliphatic carbocycles. The largest absolute Gasteiger partial charge is 0.438 e. The van der Waals surface area contributed by atoms with E-state index < -0.39 is 30.0 Å². The van der Waals surface area contributed by atoms with Gasteiger partial charge in [-0.2, -0.15) is 0 Å². The first kappa shape index (κ1) is 27.9. The van der Waals surface area contributed by atoms with Gasteiger partial charge >= 0.3 is 6.09 Å². The standard InChI is InChI=1S/C32H27ClFN3O4/c1-36(19-21-9-3-2-4-10-21)31(39)28-29(41-32(40)37(28)20-22-11-7-13-24(33)17-22)23-12-8-14-25(18-23)35-30(38)26-15-5-6-16-27(26)34/h2-18,28-29H,19-20H2,1H3,(H,35,38). The molecule has 4 aromatic carbocycles. The summed E-state index contributed by atoms with van der Waals surface area (Å²) in [6, 6.07) is 27.9. The third-order valence-corrected chi connectivity index (χ3v) is 7.05. The molecule has 0 spiro atoms. The predicted molar refractivity (Wildman–Crippen MR) is 154 cm³/mol. The maximum absolute atomic E-state index is 14.2. The first-order valence-electron chi connectivity index (χ1n) is 13.0. The molecule has 2 unspecified atom stereocenters. The Bertz CT molecular complexity index is 1580. The lowest BCUT2D eigenvalue weighted by molar-refractivity contribution is -0.136. The van der Waals surface area contributed by atoms with Gasteiger partial charge in [0.25, 0.3) is 5.91 Å². The lowest BCUT2D eigenvalue weighted by Crippen LogP contribution is -2.46. The Hall–Kier alpha value is -4.69. The number of hydrogen-bond acceptors (Lipinski definition) is 4. The third kappa shape index (κ3) is 6.39. The summed E-state index contributed by atoms with van der Waals surface area (Å²) in [6.07, 6.45) is -1.61. The average Bonchev–Trinajstić information content (AvgIpc) is 3.29. The molecule has 5 rings (SSSR count). The van der Waals surface area contributed by atoms with Crippen molar-refractivity contribution in [3.05, 3.63) is 136 Å². The van der Waals surface area contributed by atoms with E-state index in [1.165, 1.54) is 23.1 Å². The van der Waals surface area contributed by atoms with Crippen molar-refractivity contribution in [3.63, 3.8) is 0 Å². The Labute approximate surface area is 242 Å². The molecular formula is C32H27ClFN3O4. The summed E-state index contributed by atoms with van der Waals surface area (Å²) in [7, 11) is 1.68. The van der Waals surface area contributed by atoms with Crippen molar-refractivity contribution in [2.75, 3.05) is 12.4 Å². The first-order chi connectivity index (χ1) is 19.8. The molecule has 41 heavy (non-hydrogen) atoms. The second kappa shape index (κ2) is 12.2. The molecule has 0 bridgehead atoms. The molecule has 1 saturated heterocycles. The van der Waals surface area contributed by atoms with Crippen LogP contribution < -0.4 is 5.32 Å². The summed E-state index contributed by atoms with van der Waals surface area (Å²) in [5.41, 5.74) is 2.44. The van der Waals surface area contributed by atoms with Gasteiger partial charge in [-0.3, -0.25) is 14.5 Å². The number of carbonyl (C=O) groups excluding carboxylic acids is 3. The number of rotatable bonds is 8. The van der Waals surface area contributed by atoms with Crippen molar-refractivity contribution < 1.29 is 23.5 Å². The minimum Gasteiger partial charge on any atom is -0.438 e. The van der Waals surface area contributed by atoms with E-state index >= 15 is 0 Å². The fourth-order valence-corrected chi connectivity index (χ4v) is 5.04. The number of anilines is 1. The lowest BCUT2D eigenvalue weighted by atomic mass is 9.99. The fourth-order valence-electron chi connectivity index (χ4n) is 4.82. The smallest absolute Gasteiger partial charge is 0.411 e. The van der Waals surface area contributed by atoms with Crippen molar-refractivity contribution >= 4 is 35.2 Å². The van der Waals surface area contributed by atoms with Crippen LogP contribution in [0.1, 0.15) is 33.2 Å². The molecule has 1 heterocycles. The topological polar surface area (TPSA) is 79.0 Å². The maximum atomic E-state index is 14.2. The van der Waals surface area contributed by atoms with Gasteiger partial charge in [-0.1, -0.05) is 78.3 Å². The number of halogens is 2. The highest BCUT2D eigenvalue weighted by Crippen LogP contribution is 2.36. The van der Waals surface area contributed by atoms with Crippen molar-refractivity contribution in [2.24, 2.45) is 0 Å². The molecule has 9 heteroatoms. The van der Waals surface area contributed by atoms with Gasteiger partial charge < -0.3 is 15.0 Å². The zero-order valence-electron chi connectivity index (χ0n) is 22.2. The lowest BCUT2D eigenvalue weighted by Gasteiger charge is -2.28. The second-order valence-electron chi connectivity index (χ2n) is 9.75. The molecule has 1 fully saturated rings. The van der Waals surface area contributed by atoms with Crippen LogP contribution in [0.3, 0.4) is 0 Å². The minimum atomic E-state index is -0.993. The highest BCUT2D eigenvalue weighted by molar-refractivity contribution is 6.30. The fraction of sp³-hybridized carbons (Fsp3) is 0.156. The van der Waals surface area contributed by atoms with E-state index in [2.05, 4.69) is 5.32 Å².